The minimum atomic E-state index is -1.13. The molecule has 0 saturated heterocycles. The van der Waals surface area contributed by atoms with E-state index in [1.165, 1.54) is 0 Å². The topological polar surface area (TPSA) is 232 Å². The monoisotopic (exact) mass is 787 g/mol. The van der Waals surface area contributed by atoms with Gasteiger partial charge in [0.1, 0.15) is 0 Å². The number of rotatable bonds is 6. The van der Waals surface area contributed by atoms with Crippen LogP contribution in [0.5, 0.6) is 0 Å². The average Bonchev–Trinajstić information content (AvgIpc) is 2.69. The van der Waals surface area contributed by atoms with Gasteiger partial charge in [0.05, 0.1) is 35.2 Å². The Balaban J connectivity index is -0.0000000443. The zero-order valence-corrected chi connectivity index (χ0v) is 25.0. The fourth-order valence-corrected chi connectivity index (χ4v) is 0. The molecular formula is C12H21O12S6U. The van der Waals surface area contributed by atoms with Crippen molar-refractivity contribution < 1.29 is 90.5 Å². The van der Waals surface area contributed by atoms with Gasteiger partial charge >= 0.3 is 49.0 Å². The molecule has 0 bridgehead atoms. The Hall–Kier alpha value is -0.0281. The maximum absolute atomic E-state index is 9.29. The van der Waals surface area contributed by atoms with Crippen molar-refractivity contribution in [3.63, 3.8) is 0 Å². The first kappa shape index (κ1) is 48.4. The van der Waals surface area contributed by atoms with Crippen LogP contribution in [0.4, 0.5) is 0 Å². The van der Waals surface area contributed by atoms with Crippen LogP contribution in [0.15, 0.2) is 0 Å². The van der Waals surface area contributed by atoms with Gasteiger partial charge in [-0.15, -0.1) is 0 Å². The molecule has 181 valence electrons. The molecule has 3 N–H and O–H groups in total. The Morgan fingerprint density at radius 2 is 0.516 bits per heavy atom. The van der Waals surface area contributed by atoms with E-state index in [1.807, 2.05) is 0 Å². The van der Waals surface area contributed by atoms with Crippen LogP contribution in [0, 0.1) is 31.1 Å². The Kier molecular flexibility index (Phi) is 68.4. The Bertz CT molecular complexity index is 372. The van der Waals surface area contributed by atoms with Gasteiger partial charge in [0.15, 0.2) is 0 Å². The van der Waals surface area contributed by atoms with Gasteiger partial charge in [0.2, 0.25) is 0 Å². The van der Waals surface area contributed by atoms with E-state index in [-0.39, 0.29) is 65.6 Å². The number of hydrogen-bond donors (Lipinski definition) is 9. The van der Waals surface area contributed by atoms with E-state index in [0.717, 1.165) is 0 Å². The number of aliphatic carboxylic acids is 6. The first-order valence-electron chi connectivity index (χ1n) is 6.53. The predicted molar refractivity (Wildman–Crippen MR) is 121 cm³/mol. The van der Waals surface area contributed by atoms with E-state index in [0.29, 0.717) is 0 Å². The molecule has 0 fully saturated rings. The maximum atomic E-state index is 9.29. The SMILES string of the molecule is O=C(O)CS.O=C(O)CS.O=C(O)CS.O=C([O-])CS.O=C([O-])CS.O=C([O-])CS.[U+3]. The van der Waals surface area contributed by atoms with Crippen molar-refractivity contribution in [3.05, 3.63) is 0 Å². The standard InChI is InChI=1S/6C2H4O2S.U/c6*3-2(4)1-5;/h6*5H,1H2,(H,3,4);/q;;;;;;+3/p-3. The molecule has 1 radical (unpaired) electrons. The van der Waals surface area contributed by atoms with Crippen molar-refractivity contribution in [2.75, 3.05) is 34.5 Å². The van der Waals surface area contributed by atoms with Crippen LogP contribution in [0.2, 0.25) is 0 Å². The Morgan fingerprint density at radius 3 is 0.516 bits per heavy atom. The smallest absolute Gasteiger partial charge is 0.549 e. The minimum Gasteiger partial charge on any atom is -0.549 e. The summed E-state index contributed by atoms with van der Waals surface area (Å²) < 4.78 is 0. The number of carboxylic acids is 6. The largest absolute Gasteiger partial charge is 3.00 e. The van der Waals surface area contributed by atoms with Gasteiger partial charge in [-0.25, -0.2) is 0 Å². The third-order valence-corrected chi connectivity index (χ3v) is 2.38. The molecule has 0 amide bonds. The van der Waals surface area contributed by atoms with E-state index in [1.54, 1.807) is 0 Å². The summed E-state index contributed by atoms with van der Waals surface area (Å²) in [5, 5.41) is 50.5. The summed E-state index contributed by atoms with van der Waals surface area (Å²) in [5.74, 6) is -6.87. The van der Waals surface area contributed by atoms with Crippen molar-refractivity contribution >= 4 is 112 Å². The molecular weight excluding hydrogens is 767 g/mol. The van der Waals surface area contributed by atoms with Gasteiger partial charge in [-0.1, -0.05) is 0 Å². The zero-order valence-electron chi connectivity index (χ0n) is 15.4. The van der Waals surface area contributed by atoms with Crippen molar-refractivity contribution in [1.82, 2.24) is 0 Å². The summed E-state index contributed by atoms with van der Waals surface area (Å²) in [4.78, 5) is 55.4. The van der Waals surface area contributed by atoms with E-state index < -0.39 is 35.8 Å². The molecule has 19 heteroatoms. The second-order valence-corrected chi connectivity index (χ2v) is 5.14. The molecule has 0 aromatic carbocycles. The van der Waals surface area contributed by atoms with E-state index in [9.17, 15) is 44.1 Å². The van der Waals surface area contributed by atoms with Gasteiger partial charge in [-0.05, 0) is 0 Å². The molecule has 0 aliphatic rings. The number of carbonyl (C=O) groups excluding carboxylic acids is 3. The fraction of sp³-hybridized carbons (Fsp3) is 0.500. The molecule has 0 unspecified atom stereocenters. The van der Waals surface area contributed by atoms with Crippen LogP contribution in [0.25, 0.3) is 0 Å². The van der Waals surface area contributed by atoms with Crippen LogP contribution < -0.4 is 15.3 Å². The normalized spacial score (nSPS) is 7.16. The molecule has 0 aromatic rings. The third-order valence-electron chi connectivity index (χ3n) is 0.793. The molecule has 12 nitrogen and oxygen atoms in total. The molecule has 0 heterocycles. The fourth-order valence-electron chi connectivity index (χ4n) is 0. The Morgan fingerprint density at radius 1 is 0.452 bits per heavy atom. The van der Waals surface area contributed by atoms with Crippen molar-refractivity contribution in [1.29, 1.82) is 0 Å². The minimum absolute atomic E-state index is 0. The van der Waals surface area contributed by atoms with Crippen molar-refractivity contribution in [3.8, 4) is 0 Å². The summed E-state index contributed by atoms with van der Waals surface area (Å²) in [7, 11) is 0. The second kappa shape index (κ2) is 43.8. The molecule has 31 heavy (non-hydrogen) atoms. The van der Waals surface area contributed by atoms with Gasteiger partial charge < -0.3 is 45.0 Å². The number of carbonyl (C=O) groups is 6. The average molecular weight is 788 g/mol. The summed E-state index contributed by atoms with van der Waals surface area (Å²) in [6.45, 7) is 0. The van der Waals surface area contributed by atoms with Gasteiger partial charge in [-0.2, -0.15) is 75.8 Å². The maximum Gasteiger partial charge on any atom is 3.00 e. The first-order chi connectivity index (χ1) is 13.6. The summed E-state index contributed by atoms with van der Waals surface area (Å²) in [6.07, 6.45) is 0. The van der Waals surface area contributed by atoms with Crippen molar-refractivity contribution in [2.45, 2.75) is 0 Å². The molecule has 0 aliphatic heterocycles. The van der Waals surface area contributed by atoms with Crippen molar-refractivity contribution in [2.24, 2.45) is 0 Å². The van der Waals surface area contributed by atoms with Crippen LogP contribution >= 0.6 is 75.8 Å². The molecule has 0 atom stereocenters. The van der Waals surface area contributed by atoms with Crippen LogP contribution in [-0.2, 0) is 28.8 Å². The summed E-state index contributed by atoms with van der Waals surface area (Å²) in [6, 6.07) is 0. The predicted octanol–water partition coefficient (Wildman–Crippen LogP) is -4.00. The van der Waals surface area contributed by atoms with Gasteiger partial charge in [-0.3, -0.25) is 14.4 Å². The number of thiol groups is 6. The quantitative estimate of drug-likeness (QED) is 0.117. The molecule has 0 saturated carbocycles. The molecule has 0 rings (SSSR count). The van der Waals surface area contributed by atoms with Gasteiger partial charge in [0.25, 0.3) is 0 Å². The molecule has 0 aromatic heterocycles. The summed E-state index contributed by atoms with van der Waals surface area (Å²) >= 11 is 20.3. The number of carboxylic acid groups (broad SMARTS) is 6. The van der Waals surface area contributed by atoms with Crippen LogP contribution in [-0.4, -0.2) is 85.7 Å². The van der Waals surface area contributed by atoms with E-state index >= 15 is 0 Å². The van der Waals surface area contributed by atoms with Crippen LogP contribution in [0.1, 0.15) is 0 Å². The summed E-state index contributed by atoms with van der Waals surface area (Å²) in [5.41, 5.74) is 0. The Labute approximate surface area is 234 Å². The van der Waals surface area contributed by atoms with E-state index in [4.69, 9.17) is 15.3 Å². The third kappa shape index (κ3) is 164. The molecule has 0 spiro atoms. The zero-order chi connectivity index (χ0) is 25.7. The molecule has 0 aliphatic carbocycles. The van der Waals surface area contributed by atoms with Gasteiger partial charge in [0, 0.05) is 17.3 Å². The second-order valence-electron chi connectivity index (χ2n) is 3.25. The van der Waals surface area contributed by atoms with Crippen LogP contribution in [0.3, 0.4) is 0 Å². The van der Waals surface area contributed by atoms with E-state index in [2.05, 4.69) is 75.8 Å². The first-order valence-corrected chi connectivity index (χ1v) is 10.3. The number of hydrogen-bond acceptors (Lipinski definition) is 15.